The maximum atomic E-state index is 15.3. The number of hydrogen-bond acceptors (Lipinski definition) is 6. The van der Waals surface area contributed by atoms with E-state index in [0.717, 1.165) is 0 Å². The Morgan fingerprint density at radius 1 is 1.12 bits per heavy atom. The number of nitrogens with one attached hydrogen (secondary N) is 1. The molecule has 2 atom stereocenters. The van der Waals surface area contributed by atoms with Gasteiger partial charge in [-0.05, 0) is 32.0 Å². The lowest BCUT2D eigenvalue weighted by Crippen LogP contribution is -2.59. The van der Waals surface area contributed by atoms with Crippen molar-refractivity contribution in [2.45, 2.75) is 25.5 Å². The number of aryl methyl sites for hydroxylation is 2. The zero-order valence-electron chi connectivity index (χ0n) is 18.4. The third-order valence-electron chi connectivity index (χ3n) is 5.68. The van der Waals surface area contributed by atoms with Crippen LogP contribution in [0.5, 0.6) is 6.01 Å². The maximum absolute atomic E-state index is 15.3. The van der Waals surface area contributed by atoms with Crippen LogP contribution >= 0.6 is 0 Å². The number of anilines is 1. The van der Waals surface area contributed by atoms with E-state index in [1.165, 1.54) is 23.1 Å². The SMILES string of the molecule is Cc1cc(C)nc(OC(C(=O)O)C2(c3ccccc3F)NCC(=O)N(C)c3ccccc32)n1. The number of benzene rings is 2. The summed E-state index contributed by atoms with van der Waals surface area (Å²) < 4.78 is 21.2. The van der Waals surface area contributed by atoms with Crippen molar-refractivity contribution in [3.05, 3.63) is 82.9 Å². The zero-order valence-corrected chi connectivity index (χ0v) is 18.4. The highest BCUT2D eigenvalue weighted by atomic mass is 19.1. The highest BCUT2D eigenvalue weighted by molar-refractivity contribution is 5.97. The number of fused-ring (bicyclic) bond motifs is 1. The summed E-state index contributed by atoms with van der Waals surface area (Å²) in [5.74, 6) is -2.33. The van der Waals surface area contributed by atoms with Gasteiger partial charge in [-0.3, -0.25) is 10.1 Å². The predicted octanol–water partition coefficient (Wildman–Crippen LogP) is 2.57. The number of para-hydroxylation sites is 1. The number of likely N-dealkylation sites (N-methyl/N-ethyl adjacent to an activating group) is 1. The summed E-state index contributed by atoms with van der Waals surface area (Å²) in [5.41, 5.74) is 0.246. The Morgan fingerprint density at radius 3 is 2.36 bits per heavy atom. The quantitative estimate of drug-likeness (QED) is 0.616. The Bertz CT molecular complexity index is 1210. The highest BCUT2D eigenvalue weighted by Crippen LogP contribution is 2.42. The van der Waals surface area contributed by atoms with Crippen molar-refractivity contribution in [3.63, 3.8) is 0 Å². The number of halogens is 1. The molecule has 0 saturated carbocycles. The molecular weight excluding hydrogens is 427 g/mol. The monoisotopic (exact) mass is 450 g/mol. The molecule has 0 aliphatic carbocycles. The molecule has 170 valence electrons. The summed E-state index contributed by atoms with van der Waals surface area (Å²) >= 11 is 0. The van der Waals surface area contributed by atoms with E-state index >= 15 is 4.39 Å². The smallest absolute Gasteiger partial charge is 0.347 e. The van der Waals surface area contributed by atoms with Crippen molar-refractivity contribution < 1.29 is 23.8 Å². The summed E-state index contributed by atoms with van der Waals surface area (Å²) in [6, 6.07) is 14.2. The Hall–Kier alpha value is -3.85. The second-order valence-corrected chi connectivity index (χ2v) is 7.88. The van der Waals surface area contributed by atoms with E-state index in [0.29, 0.717) is 22.6 Å². The Labute approximate surface area is 190 Å². The van der Waals surface area contributed by atoms with Gasteiger partial charge in [0.15, 0.2) is 0 Å². The highest BCUT2D eigenvalue weighted by Gasteiger charge is 2.53. The second kappa shape index (κ2) is 8.59. The van der Waals surface area contributed by atoms with E-state index in [9.17, 15) is 14.7 Å². The predicted molar refractivity (Wildman–Crippen MR) is 119 cm³/mol. The molecule has 2 unspecified atom stereocenters. The summed E-state index contributed by atoms with van der Waals surface area (Å²) in [6.07, 6.45) is -1.71. The molecule has 0 fully saturated rings. The molecule has 4 rings (SSSR count). The molecule has 2 heterocycles. The second-order valence-electron chi connectivity index (χ2n) is 7.88. The number of hydrogen-bond donors (Lipinski definition) is 2. The molecule has 33 heavy (non-hydrogen) atoms. The summed E-state index contributed by atoms with van der Waals surface area (Å²) in [6.45, 7) is 3.22. The number of carbonyl (C=O) groups excluding carboxylic acids is 1. The number of carbonyl (C=O) groups is 2. The number of amides is 1. The molecule has 0 radical (unpaired) electrons. The molecule has 2 N–H and O–H groups in total. The number of carboxylic acids is 1. The first kappa shape index (κ1) is 22.3. The van der Waals surface area contributed by atoms with E-state index < -0.39 is 23.4 Å². The van der Waals surface area contributed by atoms with E-state index in [4.69, 9.17) is 4.74 Å². The lowest BCUT2D eigenvalue weighted by atomic mass is 9.76. The number of rotatable bonds is 5. The molecule has 9 heteroatoms. The molecule has 1 amide bonds. The van der Waals surface area contributed by atoms with Gasteiger partial charge < -0.3 is 14.7 Å². The maximum Gasteiger partial charge on any atom is 0.347 e. The lowest BCUT2D eigenvalue weighted by Gasteiger charge is -2.39. The van der Waals surface area contributed by atoms with E-state index in [2.05, 4.69) is 15.3 Å². The van der Waals surface area contributed by atoms with Crippen LogP contribution in [-0.2, 0) is 15.1 Å². The van der Waals surface area contributed by atoms with Crippen molar-refractivity contribution in [3.8, 4) is 6.01 Å². The normalized spacial score (nSPS) is 18.9. The van der Waals surface area contributed by atoms with Crippen molar-refractivity contribution in [2.75, 3.05) is 18.5 Å². The van der Waals surface area contributed by atoms with Gasteiger partial charge in [0, 0.05) is 35.2 Å². The zero-order chi connectivity index (χ0) is 23.8. The van der Waals surface area contributed by atoms with Gasteiger partial charge in [0.1, 0.15) is 11.4 Å². The van der Waals surface area contributed by atoms with Crippen LogP contribution in [0.15, 0.2) is 54.6 Å². The van der Waals surface area contributed by atoms with Crippen LogP contribution in [0.25, 0.3) is 0 Å². The van der Waals surface area contributed by atoms with Crippen molar-refractivity contribution in [2.24, 2.45) is 0 Å². The molecule has 1 aliphatic heterocycles. The Balaban J connectivity index is 2.02. The molecule has 2 aromatic carbocycles. The van der Waals surface area contributed by atoms with E-state index in [1.54, 1.807) is 57.3 Å². The van der Waals surface area contributed by atoms with E-state index in [1.807, 2.05) is 0 Å². The molecule has 3 aromatic rings. The van der Waals surface area contributed by atoms with Crippen LogP contribution < -0.4 is 15.0 Å². The van der Waals surface area contributed by atoms with Gasteiger partial charge in [0.25, 0.3) is 0 Å². The van der Waals surface area contributed by atoms with Crippen LogP contribution in [0.1, 0.15) is 22.5 Å². The Morgan fingerprint density at radius 2 is 1.73 bits per heavy atom. The molecule has 0 saturated heterocycles. The molecule has 1 aromatic heterocycles. The minimum absolute atomic E-state index is 0.0253. The van der Waals surface area contributed by atoms with Gasteiger partial charge in [-0.25, -0.2) is 19.2 Å². The molecule has 0 spiro atoms. The minimum atomic E-state index is -1.77. The van der Waals surface area contributed by atoms with Crippen LogP contribution in [0, 0.1) is 19.7 Å². The van der Waals surface area contributed by atoms with Crippen LogP contribution in [-0.4, -0.2) is 46.6 Å². The molecule has 1 aliphatic rings. The van der Waals surface area contributed by atoms with Gasteiger partial charge in [-0.1, -0.05) is 36.4 Å². The molecule has 8 nitrogen and oxygen atoms in total. The minimum Gasteiger partial charge on any atom is -0.478 e. The molecule has 0 bridgehead atoms. The first-order valence-electron chi connectivity index (χ1n) is 10.3. The summed E-state index contributed by atoms with van der Waals surface area (Å²) in [4.78, 5) is 35.3. The van der Waals surface area contributed by atoms with Crippen LogP contribution in [0.2, 0.25) is 0 Å². The van der Waals surface area contributed by atoms with Crippen molar-refractivity contribution >= 4 is 17.6 Å². The number of carboxylic acid groups (broad SMARTS) is 1. The summed E-state index contributed by atoms with van der Waals surface area (Å²) in [5, 5.41) is 13.4. The van der Waals surface area contributed by atoms with Crippen LogP contribution in [0.3, 0.4) is 0 Å². The van der Waals surface area contributed by atoms with Gasteiger partial charge in [0.05, 0.1) is 6.54 Å². The Kier molecular flexibility index (Phi) is 5.82. The van der Waals surface area contributed by atoms with Crippen LogP contribution in [0.4, 0.5) is 10.1 Å². The van der Waals surface area contributed by atoms with Crippen molar-refractivity contribution in [1.29, 1.82) is 0 Å². The average Bonchev–Trinajstić information content (AvgIpc) is 2.88. The first-order chi connectivity index (χ1) is 15.7. The van der Waals surface area contributed by atoms with E-state index in [-0.39, 0.29) is 24.0 Å². The topological polar surface area (TPSA) is 105 Å². The van der Waals surface area contributed by atoms with Gasteiger partial charge in [-0.15, -0.1) is 0 Å². The third-order valence-corrected chi connectivity index (χ3v) is 5.68. The van der Waals surface area contributed by atoms with Gasteiger partial charge in [0.2, 0.25) is 12.0 Å². The third kappa shape index (κ3) is 3.91. The fraction of sp³-hybridized carbons (Fsp3) is 0.250. The number of aromatic nitrogens is 2. The molecular formula is C24H23FN4O4. The number of nitrogens with zero attached hydrogens (tertiary/aromatic N) is 3. The standard InChI is InChI=1S/C24H23FN4O4/c1-14-12-15(2)28-23(27-14)33-21(22(31)32)24(16-8-4-6-10-18(16)25)17-9-5-7-11-19(17)29(3)20(30)13-26-24/h4-12,21,26H,13H2,1-3H3,(H,31,32). The number of ether oxygens (including phenoxy) is 1. The number of aliphatic carboxylic acids is 1. The fourth-order valence-corrected chi connectivity index (χ4v) is 4.23. The largest absolute Gasteiger partial charge is 0.478 e. The average molecular weight is 450 g/mol. The van der Waals surface area contributed by atoms with Crippen molar-refractivity contribution in [1.82, 2.24) is 15.3 Å². The lowest BCUT2D eigenvalue weighted by molar-refractivity contribution is -0.149. The van der Waals surface area contributed by atoms with Gasteiger partial charge in [-0.2, -0.15) is 0 Å². The first-order valence-corrected chi connectivity index (χ1v) is 10.3. The van der Waals surface area contributed by atoms with Gasteiger partial charge >= 0.3 is 12.0 Å². The fourth-order valence-electron chi connectivity index (χ4n) is 4.23. The summed E-state index contributed by atoms with van der Waals surface area (Å²) in [7, 11) is 1.59.